The summed E-state index contributed by atoms with van der Waals surface area (Å²) < 4.78 is 5.45. The zero-order chi connectivity index (χ0) is 17.9. The molecule has 5 nitrogen and oxygen atoms in total. The van der Waals surface area contributed by atoms with Crippen LogP contribution in [0.25, 0.3) is 0 Å². The van der Waals surface area contributed by atoms with Gasteiger partial charge >= 0.3 is 0 Å². The fourth-order valence-corrected chi connectivity index (χ4v) is 2.60. The molecule has 25 heavy (non-hydrogen) atoms. The molecule has 0 radical (unpaired) electrons. The van der Waals surface area contributed by atoms with Crippen LogP contribution in [0.2, 0.25) is 0 Å². The Kier molecular flexibility index (Phi) is 7.76. The first kappa shape index (κ1) is 18.8. The fraction of sp³-hybridized carbons (Fsp3) is 0.400. The van der Waals surface area contributed by atoms with Gasteiger partial charge in [0.2, 0.25) is 0 Å². The van der Waals surface area contributed by atoms with Crippen molar-refractivity contribution in [2.75, 3.05) is 26.7 Å². The van der Waals surface area contributed by atoms with E-state index in [0.29, 0.717) is 6.54 Å². The van der Waals surface area contributed by atoms with Gasteiger partial charge in [0, 0.05) is 43.9 Å². The van der Waals surface area contributed by atoms with Crippen molar-refractivity contribution in [3.05, 3.63) is 59.9 Å². The van der Waals surface area contributed by atoms with Crippen LogP contribution in [0.4, 0.5) is 0 Å². The van der Waals surface area contributed by atoms with Gasteiger partial charge in [-0.2, -0.15) is 0 Å². The summed E-state index contributed by atoms with van der Waals surface area (Å²) in [7, 11) is 1.71. The Morgan fingerprint density at radius 1 is 1.16 bits per heavy atom. The molecule has 0 amide bonds. The van der Waals surface area contributed by atoms with Crippen LogP contribution in [-0.4, -0.2) is 37.7 Å². The number of nitrogens with one attached hydrogen (secondary N) is 2. The molecule has 1 aromatic heterocycles. The molecule has 134 valence electrons. The zero-order valence-corrected chi connectivity index (χ0v) is 15.3. The van der Waals surface area contributed by atoms with Crippen LogP contribution >= 0.6 is 0 Å². The minimum Gasteiger partial charge on any atom is -0.496 e. The topological polar surface area (TPSA) is 58.5 Å². The van der Waals surface area contributed by atoms with Crippen molar-refractivity contribution in [1.82, 2.24) is 15.6 Å². The van der Waals surface area contributed by atoms with E-state index in [9.17, 15) is 0 Å². The number of rotatable bonds is 8. The second-order valence-corrected chi connectivity index (χ2v) is 5.86. The Balaban J connectivity index is 1.92. The van der Waals surface area contributed by atoms with E-state index in [1.54, 1.807) is 7.11 Å². The lowest BCUT2D eigenvalue weighted by atomic mass is 10.0. The Labute approximate surface area is 150 Å². The van der Waals surface area contributed by atoms with Crippen LogP contribution in [0, 0.1) is 0 Å². The SMILES string of the molecule is CCNC(=NCC(C)c1ccccc1OC)NCCc1ccccn1. The number of nitrogens with zero attached hydrogens (tertiary/aromatic N) is 2. The van der Waals surface area contributed by atoms with E-state index >= 15 is 0 Å². The quantitative estimate of drug-likeness (QED) is 0.573. The van der Waals surface area contributed by atoms with Crippen LogP contribution in [-0.2, 0) is 6.42 Å². The van der Waals surface area contributed by atoms with Gasteiger partial charge in [-0.15, -0.1) is 0 Å². The summed E-state index contributed by atoms with van der Waals surface area (Å²) in [6.07, 6.45) is 2.69. The largest absolute Gasteiger partial charge is 0.496 e. The van der Waals surface area contributed by atoms with Crippen LogP contribution in [0.5, 0.6) is 5.75 Å². The van der Waals surface area contributed by atoms with Gasteiger partial charge in [0.05, 0.1) is 7.11 Å². The van der Waals surface area contributed by atoms with Crippen molar-refractivity contribution >= 4 is 5.96 Å². The maximum Gasteiger partial charge on any atom is 0.191 e. The third kappa shape index (κ3) is 6.10. The molecule has 0 aliphatic rings. The number of methoxy groups -OCH3 is 1. The lowest BCUT2D eigenvalue weighted by Crippen LogP contribution is -2.38. The molecule has 1 atom stereocenters. The number of pyridine rings is 1. The van der Waals surface area contributed by atoms with Crippen LogP contribution < -0.4 is 15.4 Å². The minimum absolute atomic E-state index is 0.280. The van der Waals surface area contributed by atoms with Gasteiger partial charge in [-0.05, 0) is 30.7 Å². The molecule has 0 spiro atoms. The van der Waals surface area contributed by atoms with Gasteiger partial charge < -0.3 is 15.4 Å². The first-order chi connectivity index (χ1) is 12.2. The summed E-state index contributed by atoms with van der Waals surface area (Å²) in [5.41, 5.74) is 2.26. The summed E-state index contributed by atoms with van der Waals surface area (Å²) in [6.45, 7) is 6.56. The number of hydrogen-bond donors (Lipinski definition) is 2. The highest BCUT2D eigenvalue weighted by Crippen LogP contribution is 2.26. The van der Waals surface area contributed by atoms with E-state index in [1.807, 2.05) is 42.6 Å². The highest BCUT2D eigenvalue weighted by Gasteiger charge is 2.10. The van der Waals surface area contributed by atoms with Crippen molar-refractivity contribution in [1.29, 1.82) is 0 Å². The molecular formula is C20H28N4O. The average molecular weight is 340 g/mol. The van der Waals surface area contributed by atoms with Crippen LogP contribution in [0.1, 0.15) is 31.0 Å². The van der Waals surface area contributed by atoms with Crippen molar-refractivity contribution in [3.8, 4) is 5.75 Å². The van der Waals surface area contributed by atoms with E-state index in [4.69, 9.17) is 9.73 Å². The van der Waals surface area contributed by atoms with Crippen molar-refractivity contribution < 1.29 is 4.74 Å². The third-order valence-electron chi connectivity index (χ3n) is 3.94. The highest BCUT2D eigenvalue weighted by atomic mass is 16.5. The molecule has 1 heterocycles. The second-order valence-electron chi connectivity index (χ2n) is 5.86. The van der Waals surface area contributed by atoms with E-state index in [0.717, 1.165) is 36.9 Å². The molecule has 2 rings (SSSR count). The molecule has 1 unspecified atom stereocenters. The number of benzene rings is 1. The lowest BCUT2D eigenvalue weighted by Gasteiger charge is -2.15. The molecule has 2 N–H and O–H groups in total. The lowest BCUT2D eigenvalue weighted by molar-refractivity contribution is 0.407. The number of hydrogen-bond acceptors (Lipinski definition) is 3. The maximum absolute atomic E-state index is 5.45. The predicted molar refractivity (Wildman–Crippen MR) is 103 cm³/mol. The van der Waals surface area contributed by atoms with Gasteiger partial charge in [-0.3, -0.25) is 9.98 Å². The molecular weight excluding hydrogens is 312 g/mol. The van der Waals surface area contributed by atoms with E-state index in [-0.39, 0.29) is 5.92 Å². The van der Waals surface area contributed by atoms with E-state index in [1.165, 1.54) is 5.56 Å². The minimum atomic E-state index is 0.280. The molecule has 0 aliphatic carbocycles. The molecule has 0 saturated heterocycles. The third-order valence-corrected chi connectivity index (χ3v) is 3.94. The molecule has 1 aromatic carbocycles. The number of aromatic nitrogens is 1. The molecule has 0 saturated carbocycles. The standard InChI is InChI=1S/C20H28N4O/c1-4-21-20(23-14-12-17-9-7-8-13-22-17)24-15-16(2)18-10-5-6-11-19(18)25-3/h5-11,13,16H,4,12,14-15H2,1-3H3,(H2,21,23,24). The van der Waals surface area contributed by atoms with Crippen LogP contribution in [0.15, 0.2) is 53.7 Å². The Hall–Kier alpha value is -2.56. The summed E-state index contributed by atoms with van der Waals surface area (Å²) in [5.74, 6) is 2.03. The average Bonchev–Trinajstić information content (AvgIpc) is 2.66. The van der Waals surface area contributed by atoms with Gasteiger partial charge in [0.25, 0.3) is 0 Å². The Morgan fingerprint density at radius 2 is 1.96 bits per heavy atom. The van der Waals surface area contributed by atoms with Gasteiger partial charge in [-0.1, -0.05) is 31.2 Å². The number of para-hydroxylation sites is 1. The smallest absolute Gasteiger partial charge is 0.191 e. The van der Waals surface area contributed by atoms with Crippen LogP contribution in [0.3, 0.4) is 0 Å². The van der Waals surface area contributed by atoms with Gasteiger partial charge in [-0.25, -0.2) is 0 Å². The van der Waals surface area contributed by atoms with E-state index < -0.39 is 0 Å². The highest BCUT2D eigenvalue weighted by molar-refractivity contribution is 5.79. The first-order valence-electron chi connectivity index (χ1n) is 8.79. The summed E-state index contributed by atoms with van der Waals surface area (Å²) in [4.78, 5) is 9.06. The Bertz CT molecular complexity index is 658. The normalized spacial score (nSPS) is 12.5. The molecule has 0 fully saturated rings. The molecule has 2 aromatic rings. The second kappa shape index (κ2) is 10.3. The van der Waals surface area contributed by atoms with Crippen molar-refractivity contribution in [3.63, 3.8) is 0 Å². The number of ether oxygens (including phenoxy) is 1. The van der Waals surface area contributed by atoms with E-state index in [2.05, 4.69) is 35.5 Å². The number of guanidine groups is 1. The van der Waals surface area contributed by atoms with Crippen molar-refractivity contribution in [2.45, 2.75) is 26.2 Å². The zero-order valence-electron chi connectivity index (χ0n) is 15.3. The molecule has 0 bridgehead atoms. The number of aliphatic imine (C=N–C) groups is 1. The molecule has 5 heteroatoms. The van der Waals surface area contributed by atoms with Gasteiger partial charge in [0.1, 0.15) is 5.75 Å². The van der Waals surface area contributed by atoms with Gasteiger partial charge in [0.15, 0.2) is 5.96 Å². The fourth-order valence-electron chi connectivity index (χ4n) is 2.60. The summed E-state index contributed by atoms with van der Waals surface area (Å²) in [5, 5.41) is 6.66. The van der Waals surface area contributed by atoms with Crippen molar-refractivity contribution in [2.24, 2.45) is 4.99 Å². The maximum atomic E-state index is 5.45. The Morgan fingerprint density at radius 3 is 2.68 bits per heavy atom. The monoisotopic (exact) mass is 340 g/mol. The first-order valence-corrected chi connectivity index (χ1v) is 8.79. The summed E-state index contributed by atoms with van der Waals surface area (Å²) in [6, 6.07) is 14.1. The summed E-state index contributed by atoms with van der Waals surface area (Å²) >= 11 is 0. The predicted octanol–water partition coefficient (Wildman–Crippen LogP) is 2.99. The molecule has 0 aliphatic heterocycles.